The van der Waals surface area contributed by atoms with Gasteiger partial charge in [0.15, 0.2) is 0 Å². The molecule has 0 atom stereocenters. The summed E-state index contributed by atoms with van der Waals surface area (Å²) in [6.07, 6.45) is -5.01. The van der Waals surface area contributed by atoms with Crippen LogP contribution in [-0.4, -0.2) is 7.11 Å². The van der Waals surface area contributed by atoms with E-state index in [1.54, 1.807) is 6.07 Å². The van der Waals surface area contributed by atoms with E-state index in [0.29, 0.717) is 11.3 Å². The molecule has 0 bridgehead atoms. The minimum absolute atomic E-state index is 0.0346. The fraction of sp³-hybridized carbons (Fsp3) is 0.125. The molecule has 0 aliphatic carbocycles. The standard InChI is InChI=1S/C24H15ClF4O5/c1-31-15-3-2-4-17(10-15)33-22-21(30)18-8-7-16(11-20(18)34-23(22)24(27,28)29)32-12-13-5-6-14(26)9-19(13)25/h2-11H,12H2,1H3. The van der Waals surface area contributed by atoms with Crippen LogP contribution in [0.2, 0.25) is 5.02 Å². The average molecular weight is 495 g/mol. The van der Waals surface area contributed by atoms with Crippen LogP contribution >= 0.6 is 11.6 Å². The van der Waals surface area contributed by atoms with Crippen molar-refractivity contribution >= 4 is 22.6 Å². The average Bonchev–Trinajstić information content (AvgIpc) is 2.79. The Hall–Kier alpha value is -3.72. The van der Waals surface area contributed by atoms with Gasteiger partial charge in [0.2, 0.25) is 11.2 Å². The number of ether oxygens (including phenoxy) is 3. The lowest BCUT2D eigenvalue weighted by Gasteiger charge is -2.14. The monoisotopic (exact) mass is 494 g/mol. The number of halogens is 5. The lowest BCUT2D eigenvalue weighted by Crippen LogP contribution is -2.15. The highest BCUT2D eigenvalue weighted by atomic mass is 35.5. The molecule has 176 valence electrons. The predicted molar refractivity (Wildman–Crippen MR) is 116 cm³/mol. The molecule has 1 aromatic heterocycles. The van der Waals surface area contributed by atoms with E-state index in [9.17, 15) is 22.4 Å². The fourth-order valence-corrected chi connectivity index (χ4v) is 3.33. The molecule has 0 saturated carbocycles. The lowest BCUT2D eigenvalue weighted by atomic mass is 10.2. The highest BCUT2D eigenvalue weighted by Gasteiger charge is 2.40. The molecule has 34 heavy (non-hydrogen) atoms. The first-order chi connectivity index (χ1) is 16.2. The molecule has 4 aromatic rings. The molecule has 4 rings (SSSR count). The first-order valence-electron chi connectivity index (χ1n) is 9.72. The summed E-state index contributed by atoms with van der Waals surface area (Å²) in [5.74, 6) is -2.70. The molecule has 0 aliphatic heterocycles. The van der Waals surface area contributed by atoms with Crippen LogP contribution in [0.1, 0.15) is 11.3 Å². The van der Waals surface area contributed by atoms with Crippen LogP contribution < -0.4 is 19.6 Å². The van der Waals surface area contributed by atoms with Crippen LogP contribution in [0.15, 0.2) is 69.9 Å². The molecule has 0 fully saturated rings. The lowest BCUT2D eigenvalue weighted by molar-refractivity contribution is -0.154. The first kappa shape index (κ1) is 23.4. The second-order valence-electron chi connectivity index (χ2n) is 7.05. The number of fused-ring (bicyclic) bond motifs is 1. The van der Waals surface area contributed by atoms with Crippen molar-refractivity contribution in [1.82, 2.24) is 0 Å². The van der Waals surface area contributed by atoms with Gasteiger partial charge in [-0.05, 0) is 36.4 Å². The smallest absolute Gasteiger partial charge is 0.453 e. The van der Waals surface area contributed by atoms with Gasteiger partial charge >= 0.3 is 6.18 Å². The van der Waals surface area contributed by atoms with Crippen molar-refractivity contribution in [2.45, 2.75) is 12.8 Å². The number of benzene rings is 3. The van der Waals surface area contributed by atoms with E-state index in [1.165, 1.54) is 49.6 Å². The highest BCUT2D eigenvalue weighted by Crippen LogP contribution is 2.39. The van der Waals surface area contributed by atoms with E-state index < -0.39 is 28.9 Å². The van der Waals surface area contributed by atoms with Gasteiger partial charge in [-0.15, -0.1) is 0 Å². The van der Waals surface area contributed by atoms with Crippen LogP contribution in [0, 0.1) is 5.82 Å². The third-order valence-electron chi connectivity index (χ3n) is 4.75. The minimum atomic E-state index is -5.01. The van der Waals surface area contributed by atoms with Crippen LogP contribution in [-0.2, 0) is 12.8 Å². The number of hydrogen-bond acceptors (Lipinski definition) is 5. The van der Waals surface area contributed by atoms with E-state index in [4.69, 9.17) is 30.2 Å². The molecule has 0 radical (unpaired) electrons. The Bertz CT molecular complexity index is 1420. The van der Waals surface area contributed by atoms with Crippen molar-refractivity contribution in [3.63, 3.8) is 0 Å². The summed E-state index contributed by atoms with van der Waals surface area (Å²) >= 11 is 5.96. The first-order valence-corrected chi connectivity index (χ1v) is 10.1. The number of alkyl halides is 3. The second-order valence-corrected chi connectivity index (χ2v) is 7.46. The van der Waals surface area contributed by atoms with Gasteiger partial charge < -0.3 is 18.6 Å². The molecule has 10 heteroatoms. The molecule has 0 unspecified atom stereocenters. The maximum Gasteiger partial charge on any atom is 0.453 e. The van der Waals surface area contributed by atoms with E-state index >= 15 is 0 Å². The van der Waals surface area contributed by atoms with Gasteiger partial charge in [-0.1, -0.05) is 23.7 Å². The summed E-state index contributed by atoms with van der Waals surface area (Å²) in [6, 6.07) is 13.3. The normalized spacial score (nSPS) is 11.5. The Kier molecular flexibility index (Phi) is 6.39. The van der Waals surface area contributed by atoms with Gasteiger partial charge in [-0.25, -0.2) is 4.39 Å². The van der Waals surface area contributed by atoms with E-state index in [-0.39, 0.29) is 34.1 Å². The van der Waals surface area contributed by atoms with Crippen LogP contribution in [0.5, 0.6) is 23.0 Å². The molecular formula is C24H15ClF4O5. The molecule has 0 amide bonds. The zero-order valence-electron chi connectivity index (χ0n) is 17.4. The van der Waals surface area contributed by atoms with Crippen molar-refractivity contribution < 1.29 is 36.2 Å². The summed E-state index contributed by atoms with van der Waals surface area (Å²) in [5, 5.41) is -0.0101. The Labute approximate surface area is 195 Å². The maximum absolute atomic E-state index is 13.7. The molecule has 0 saturated heterocycles. The summed E-state index contributed by atoms with van der Waals surface area (Å²) in [5.41, 5.74) is -0.898. The minimum Gasteiger partial charge on any atom is -0.497 e. The Morgan fingerprint density at radius 3 is 2.44 bits per heavy atom. The third kappa shape index (κ3) is 4.94. The fourth-order valence-electron chi connectivity index (χ4n) is 3.11. The Morgan fingerprint density at radius 1 is 0.971 bits per heavy atom. The molecular weight excluding hydrogens is 480 g/mol. The Balaban J connectivity index is 1.71. The van der Waals surface area contributed by atoms with Crippen LogP contribution in [0.3, 0.4) is 0 Å². The summed E-state index contributed by atoms with van der Waals surface area (Å²) in [4.78, 5) is 12.9. The van der Waals surface area contributed by atoms with Crippen molar-refractivity contribution in [2.75, 3.05) is 7.11 Å². The number of hydrogen-bond donors (Lipinski definition) is 0. The molecule has 1 heterocycles. The molecule has 0 spiro atoms. The third-order valence-corrected chi connectivity index (χ3v) is 5.10. The van der Waals surface area contributed by atoms with Crippen molar-refractivity contribution in [2.24, 2.45) is 0 Å². The van der Waals surface area contributed by atoms with E-state index in [1.807, 2.05) is 0 Å². The second kappa shape index (κ2) is 9.26. The summed E-state index contributed by atoms with van der Waals surface area (Å²) in [6.45, 7) is -0.0853. The van der Waals surface area contributed by atoms with Gasteiger partial charge in [-0.2, -0.15) is 13.2 Å². The number of rotatable bonds is 6. The predicted octanol–water partition coefficient (Wildman–Crippen LogP) is 6.98. The van der Waals surface area contributed by atoms with Gasteiger partial charge in [0.25, 0.3) is 5.76 Å². The maximum atomic E-state index is 13.7. The van der Waals surface area contributed by atoms with Crippen molar-refractivity contribution in [3.8, 4) is 23.0 Å². The molecule has 5 nitrogen and oxygen atoms in total. The van der Waals surface area contributed by atoms with Crippen LogP contribution in [0.4, 0.5) is 17.6 Å². The van der Waals surface area contributed by atoms with Crippen molar-refractivity contribution in [3.05, 3.63) is 93.1 Å². The van der Waals surface area contributed by atoms with Crippen molar-refractivity contribution in [1.29, 1.82) is 0 Å². The molecule has 0 aliphatic rings. The van der Waals surface area contributed by atoms with Crippen LogP contribution in [0.25, 0.3) is 11.0 Å². The van der Waals surface area contributed by atoms with Gasteiger partial charge in [0.05, 0.1) is 17.5 Å². The SMILES string of the molecule is COc1cccc(Oc2c(C(F)(F)F)oc3cc(OCc4ccc(F)cc4Cl)ccc3c2=O)c1. The van der Waals surface area contributed by atoms with Gasteiger partial charge in [-0.3, -0.25) is 4.79 Å². The molecule has 3 aromatic carbocycles. The highest BCUT2D eigenvalue weighted by molar-refractivity contribution is 6.31. The largest absolute Gasteiger partial charge is 0.497 e. The van der Waals surface area contributed by atoms with Gasteiger partial charge in [0.1, 0.15) is 35.3 Å². The Morgan fingerprint density at radius 2 is 1.74 bits per heavy atom. The quantitative estimate of drug-likeness (QED) is 0.270. The summed E-state index contributed by atoms with van der Waals surface area (Å²) < 4.78 is 75.3. The topological polar surface area (TPSA) is 57.9 Å². The van der Waals surface area contributed by atoms with Gasteiger partial charge in [0, 0.05) is 17.7 Å². The zero-order valence-corrected chi connectivity index (χ0v) is 18.2. The van der Waals surface area contributed by atoms with E-state index in [2.05, 4.69) is 0 Å². The zero-order chi connectivity index (χ0) is 24.5. The van der Waals surface area contributed by atoms with E-state index in [0.717, 1.165) is 12.1 Å². The molecule has 0 N–H and O–H groups in total. The summed E-state index contributed by atoms with van der Waals surface area (Å²) in [7, 11) is 1.38. The number of methoxy groups -OCH3 is 1.